The summed E-state index contributed by atoms with van der Waals surface area (Å²) in [6.45, 7) is 2.82. The van der Waals surface area contributed by atoms with Gasteiger partial charge < -0.3 is 19.9 Å². The van der Waals surface area contributed by atoms with Gasteiger partial charge in [-0.25, -0.2) is 0 Å². The Hall–Kier alpha value is -0.520. The Labute approximate surface area is 135 Å². The van der Waals surface area contributed by atoms with Crippen molar-refractivity contribution in [2.45, 2.75) is 18.9 Å². The third kappa shape index (κ3) is 6.41. The Morgan fingerprint density at radius 1 is 1.29 bits per heavy atom. The van der Waals surface area contributed by atoms with Gasteiger partial charge >= 0.3 is 0 Å². The highest BCUT2D eigenvalue weighted by atomic mass is 35.5. The molecule has 1 aromatic carbocycles. The molecule has 1 saturated carbocycles. The molecular weight excluding hydrogens is 313 g/mol. The summed E-state index contributed by atoms with van der Waals surface area (Å²) in [4.78, 5) is 0. The number of benzene rings is 1. The van der Waals surface area contributed by atoms with Crippen LogP contribution in [-0.4, -0.2) is 44.1 Å². The molecular formula is C15H21Cl2NO3. The monoisotopic (exact) mass is 333 g/mol. The average molecular weight is 334 g/mol. The van der Waals surface area contributed by atoms with Gasteiger partial charge in [-0.2, -0.15) is 0 Å². The molecule has 1 unspecified atom stereocenters. The van der Waals surface area contributed by atoms with E-state index in [0.29, 0.717) is 28.9 Å². The van der Waals surface area contributed by atoms with E-state index in [-0.39, 0.29) is 6.61 Å². The largest absolute Gasteiger partial charge is 0.488 e. The molecule has 0 spiro atoms. The predicted molar refractivity (Wildman–Crippen MR) is 84.4 cm³/mol. The lowest BCUT2D eigenvalue weighted by atomic mass is 10.3. The second kappa shape index (κ2) is 8.81. The summed E-state index contributed by atoms with van der Waals surface area (Å²) in [7, 11) is 0. The minimum Gasteiger partial charge on any atom is -0.488 e. The van der Waals surface area contributed by atoms with E-state index in [0.717, 1.165) is 19.1 Å². The average Bonchev–Trinajstić information content (AvgIpc) is 3.26. The highest BCUT2D eigenvalue weighted by Crippen LogP contribution is 2.32. The van der Waals surface area contributed by atoms with Crippen LogP contribution in [0, 0.1) is 5.92 Å². The molecule has 1 aliphatic rings. The van der Waals surface area contributed by atoms with Crippen molar-refractivity contribution in [1.82, 2.24) is 5.32 Å². The summed E-state index contributed by atoms with van der Waals surface area (Å²) in [5.41, 5.74) is 0. The second-order valence-electron chi connectivity index (χ2n) is 5.24. The zero-order valence-electron chi connectivity index (χ0n) is 11.9. The number of para-hydroxylation sites is 1. The van der Waals surface area contributed by atoms with Crippen LogP contribution in [0.2, 0.25) is 10.0 Å². The van der Waals surface area contributed by atoms with Crippen LogP contribution in [-0.2, 0) is 4.74 Å². The lowest BCUT2D eigenvalue weighted by Crippen LogP contribution is -2.33. The van der Waals surface area contributed by atoms with E-state index in [1.165, 1.54) is 12.8 Å². The first-order valence-electron chi connectivity index (χ1n) is 7.20. The van der Waals surface area contributed by atoms with Gasteiger partial charge in [0.2, 0.25) is 0 Å². The molecule has 1 aromatic rings. The molecule has 0 aliphatic heterocycles. The highest BCUT2D eigenvalue weighted by molar-refractivity contribution is 6.37. The zero-order valence-corrected chi connectivity index (χ0v) is 13.4. The van der Waals surface area contributed by atoms with E-state index in [4.69, 9.17) is 32.7 Å². The van der Waals surface area contributed by atoms with Crippen LogP contribution >= 0.6 is 23.2 Å². The van der Waals surface area contributed by atoms with E-state index in [2.05, 4.69) is 5.32 Å². The summed E-state index contributed by atoms with van der Waals surface area (Å²) in [5, 5.41) is 13.8. The van der Waals surface area contributed by atoms with Crippen LogP contribution in [0.4, 0.5) is 0 Å². The van der Waals surface area contributed by atoms with Gasteiger partial charge in [0.1, 0.15) is 12.7 Å². The molecule has 0 aromatic heterocycles. The zero-order chi connectivity index (χ0) is 15.1. The van der Waals surface area contributed by atoms with Crippen molar-refractivity contribution in [2.75, 3.05) is 32.9 Å². The van der Waals surface area contributed by atoms with Gasteiger partial charge in [0, 0.05) is 19.7 Å². The summed E-state index contributed by atoms with van der Waals surface area (Å²) in [6, 6.07) is 5.15. The number of aliphatic hydroxyl groups is 1. The third-order valence-electron chi connectivity index (χ3n) is 3.19. The first kappa shape index (κ1) is 16.8. The number of halogens is 2. The maximum atomic E-state index is 9.83. The molecule has 0 bridgehead atoms. The molecule has 0 saturated heterocycles. The Morgan fingerprint density at radius 3 is 2.67 bits per heavy atom. The van der Waals surface area contributed by atoms with Gasteiger partial charge in [-0.1, -0.05) is 29.3 Å². The van der Waals surface area contributed by atoms with Crippen LogP contribution in [0.1, 0.15) is 12.8 Å². The number of ether oxygens (including phenoxy) is 2. The van der Waals surface area contributed by atoms with E-state index in [1.54, 1.807) is 18.2 Å². The van der Waals surface area contributed by atoms with Crippen LogP contribution in [0.25, 0.3) is 0 Å². The Bertz CT molecular complexity index is 421. The van der Waals surface area contributed by atoms with Gasteiger partial charge in [0.15, 0.2) is 5.75 Å². The van der Waals surface area contributed by atoms with Gasteiger partial charge in [-0.15, -0.1) is 0 Å². The van der Waals surface area contributed by atoms with Gasteiger partial charge in [0.25, 0.3) is 0 Å². The summed E-state index contributed by atoms with van der Waals surface area (Å²) >= 11 is 12.0. The van der Waals surface area contributed by atoms with Crippen LogP contribution in [0.3, 0.4) is 0 Å². The Morgan fingerprint density at radius 2 is 2.00 bits per heavy atom. The van der Waals surface area contributed by atoms with Gasteiger partial charge in [0.05, 0.1) is 16.7 Å². The van der Waals surface area contributed by atoms with E-state index >= 15 is 0 Å². The lowest BCUT2D eigenvalue weighted by Gasteiger charge is -2.15. The van der Waals surface area contributed by atoms with Crippen molar-refractivity contribution in [3.8, 4) is 5.75 Å². The van der Waals surface area contributed by atoms with Crippen molar-refractivity contribution in [3.63, 3.8) is 0 Å². The standard InChI is InChI=1S/C15H21Cl2NO3/c16-13-2-1-3-14(17)15(13)21-10-12(19)8-18-6-7-20-9-11-4-5-11/h1-3,11-12,18-19H,4-10H2. The third-order valence-corrected chi connectivity index (χ3v) is 3.79. The molecule has 2 rings (SSSR count). The topological polar surface area (TPSA) is 50.7 Å². The van der Waals surface area contributed by atoms with Crippen LogP contribution in [0.15, 0.2) is 18.2 Å². The van der Waals surface area contributed by atoms with E-state index in [9.17, 15) is 5.11 Å². The summed E-state index contributed by atoms with van der Waals surface area (Å²) in [6.07, 6.45) is 1.98. The molecule has 4 nitrogen and oxygen atoms in total. The van der Waals surface area contributed by atoms with Crippen molar-refractivity contribution in [2.24, 2.45) is 5.92 Å². The SMILES string of the molecule is OC(CNCCOCC1CC1)COc1c(Cl)cccc1Cl. The summed E-state index contributed by atoms with van der Waals surface area (Å²) in [5.74, 6) is 1.19. The fraction of sp³-hybridized carbons (Fsp3) is 0.600. The highest BCUT2D eigenvalue weighted by Gasteiger charge is 2.20. The number of nitrogens with one attached hydrogen (secondary N) is 1. The second-order valence-corrected chi connectivity index (χ2v) is 6.05. The van der Waals surface area contributed by atoms with Crippen molar-refractivity contribution < 1.29 is 14.6 Å². The van der Waals surface area contributed by atoms with Gasteiger partial charge in [-0.05, 0) is 30.9 Å². The Balaban J connectivity index is 1.55. The van der Waals surface area contributed by atoms with Crippen LogP contribution < -0.4 is 10.1 Å². The molecule has 1 atom stereocenters. The number of hydrogen-bond donors (Lipinski definition) is 2. The van der Waals surface area contributed by atoms with Crippen molar-refractivity contribution in [3.05, 3.63) is 28.2 Å². The van der Waals surface area contributed by atoms with E-state index in [1.807, 2.05) is 0 Å². The number of aliphatic hydroxyl groups excluding tert-OH is 1. The van der Waals surface area contributed by atoms with Crippen molar-refractivity contribution >= 4 is 23.2 Å². The molecule has 2 N–H and O–H groups in total. The number of rotatable bonds is 10. The number of hydrogen-bond acceptors (Lipinski definition) is 4. The van der Waals surface area contributed by atoms with Gasteiger partial charge in [-0.3, -0.25) is 0 Å². The lowest BCUT2D eigenvalue weighted by molar-refractivity contribution is 0.0968. The molecule has 1 aliphatic carbocycles. The predicted octanol–water partition coefficient (Wildman–Crippen LogP) is 2.75. The molecule has 6 heteroatoms. The molecule has 0 radical (unpaired) electrons. The normalized spacial score (nSPS) is 16.0. The molecule has 1 fully saturated rings. The molecule has 0 amide bonds. The molecule has 0 heterocycles. The van der Waals surface area contributed by atoms with E-state index < -0.39 is 6.10 Å². The maximum absolute atomic E-state index is 9.83. The quantitative estimate of drug-likeness (QED) is 0.646. The minimum absolute atomic E-state index is 0.138. The van der Waals surface area contributed by atoms with Crippen molar-refractivity contribution in [1.29, 1.82) is 0 Å². The smallest absolute Gasteiger partial charge is 0.156 e. The fourth-order valence-electron chi connectivity index (χ4n) is 1.81. The first-order valence-corrected chi connectivity index (χ1v) is 7.95. The molecule has 118 valence electrons. The maximum Gasteiger partial charge on any atom is 0.156 e. The van der Waals surface area contributed by atoms with Crippen LogP contribution in [0.5, 0.6) is 5.75 Å². The first-order chi connectivity index (χ1) is 10.2. The fourth-order valence-corrected chi connectivity index (χ4v) is 2.31. The Kier molecular flexibility index (Phi) is 7.07. The summed E-state index contributed by atoms with van der Waals surface area (Å²) < 4.78 is 11.0. The minimum atomic E-state index is -0.624. The molecule has 21 heavy (non-hydrogen) atoms.